The summed E-state index contributed by atoms with van der Waals surface area (Å²) in [6.45, 7) is 3.72. The molecule has 41 heavy (non-hydrogen) atoms. The zero-order valence-corrected chi connectivity index (χ0v) is 22.4. The molecule has 0 spiro atoms. The van der Waals surface area contributed by atoms with Crippen LogP contribution in [0.3, 0.4) is 0 Å². The molecule has 10 heteroatoms. The van der Waals surface area contributed by atoms with E-state index >= 15 is 0 Å². The van der Waals surface area contributed by atoms with Crippen molar-refractivity contribution in [2.75, 3.05) is 10.6 Å². The molecule has 1 aliphatic rings. The van der Waals surface area contributed by atoms with E-state index < -0.39 is 23.6 Å². The van der Waals surface area contributed by atoms with Crippen LogP contribution < -0.4 is 10.6 Å². The van der Waals surface area contributed by atoms with Crippen molar-refractivity contribution in [3.8, 4) is 11.1 Å². The monoisotopic (exact) mass is 556 g/mol. The van der Waals surface area contributed by atoms with Crippen molar-refractivity contribution >= 4 is 34.1 Å². The van der Waals surface area contributed by atoms with E-state index in [0.29, 0.717) is 12.0 Å². The van der Waals surface area contributed by atoms with Crippen LogP contribution in [0.1, 0.15) is 48.4 Å². The number of fused-ring (bicyclic) bond motifs is 1. The molecule has 1 unspecified atom stereocenters. The van der Waals surface area contributed by atoms with Gasteiger partial charge in [0.2, 0.25) is 11.9 Å². The minimum absolute atomic E-state index is 0.101. The molecule has 6 rings (SSSR count). The largest absolute Gasteiger partial charge is 0.416 e. The summed E-state index contributed by atoms with van der Waals surface area (Å²) < 4.78 is 41.2. The Morgan fingerprint density at radius 3 is 2.63 bits per heavy atom. The Kier molecular flexibility index (Phi) is 6.69. The normalized spacial score (nSPS) is 14.2. The molecule has 0 radical (unpaired) electrons. The van der Waals surface area contributed by atoms with E-state index in [1.807, 2.05) is 54.2 Å². The van der Waals surface area contributed by atoms with E-state index in [-0.39, 0.29) is 5.69 Å². The summed E-state index contributed by atoms with van der Waals surface area (Å²) in [5, 5.41) is 11.1. The average Bonchev–Trinajstić information content (AvgIpc) is 3.71. The van der Waals surface area contributed by atoms with Crippen LogP contribution in [-0.4, -0.2) is 25.7 Å². The molecule has 0 saturated heterocycles. The molecule has 1 amide bonds. The number of halogens is 3. The minimum atomic E-state index is -4.49. The highest BCUT2D eigenvalue weighted by Gasteiger charge is 2.30. The van der Waals surface area contributed by atoms with Crippen molar-refractivity contribution in [3.63, 3.8) is 0 Å². The van der Waals surface area contributed by atoms with Gasteiger partial charge in [-0.05, 0) is 79.3 Å². The Hall–Kier alpha value is -4.73. The van der Waals surface area contributed by atoms with Crippen LogP contribution in [0.25, 0.3) is 22.0 Å². The Balaban J connectivity index is 1.20. The highest BCUT2D eigenvalue weighted by atomic mass is 19.4. The van der Waals surface area contributed by atoms with Gasteiger partial charge < -0.3 is 10.6 Å². The fourth-order valence-electron chi connectivity index (χ4n) is 4.73. The summed E-state index contributed by atoms with van der Waals surface area (Å²) >= 11 is 0. The standard InChI is InChI=1S/C31H27F3N6O/c1-18-6-7-20(19(2)29(41)37-24-5-3-4-23(14-24)31(32,33)34)13-27(18)21-8-11-28-22(12-21)15-35-30(39-28)38-25-16-36-40(17-25)26-9-10-26/h3-8,11-17,19,26H,9-10H2,1-2H3,(H,37,41)(H,35,38,39). The van der Waals surface area contributed by atoms with E-state index in [4.69, 9.17) is 0 Å². The maximum absolute atomic E-state index is 13.1. The number of rotatable bonds is 7. The second-order valence-corrected chi connectivity index (χ2v) is 10.4. The van der Waals surface area contributed by atoms with Crippen molar-refractivity contribution in [1.82, 2.24) is 19.7 Å². The van der Waals surface area contributed by atoms with Gasteiger partial charge in [0, 0.05) is 23.5 Å². The second-order valence-electron chi connectivity index (χ2n) is 10.4. The van der Waals surface area contributed by atoms with E-state index in [2.05, 4.69) is 25.7 Å². The lowest BCUT2D eigenvalue weighted by Crippen LogP contribution is -2.19. The zero-order chi connectivity index (χ0) is 28.7. The molecule has 2 aromatic heterocycles. The predicted molar refractivity (Wildman–Crippen MR) is 152 cm³/mol. The smallest absolute Gasteiger partial charge is 0.326 e. The first-order chi connectivity index (χ1) is 19.6. The molecule has 0 bridgehead atoms. The Morgan fingerprint density at radius 1 is 1.02 bits per heavy atom. The molecule has 1 aliphatic carbocycles. The van der Waals surface area contributed by atoms with Crippen LogP contribution in [0.15, 0.2) is 79.3 Å². The summed E-state index contributed by atoms with van der Waals surface area (Å²) in [5.41, 5.74) is 4.56. The number of benzene rings is 3. The van der Waals surface area contributed by atoms with Crippen LogP contribution in [-0.2, 0) is 11.0 Å². The number of alkyl halides is 3. The van der Waals surface area contributed by atoms with Gasteiger partial charge in [-0.3, -0.25) is 9.48 Å². The van der Waals surface area contributed by atoms with Gasteiger partial charge in [0.15, 0.2) is 0 Å². The van der Waals surface area contributed by atoms with Crippen molar-refractivity contribution in [3.05, 3.63) is 95.9 Å². The first-order valence-electron chi connectivity index (χ1n) is 13.3. The quantitative estimate of drug-likeness (QED) is 0.215. The summed E-state index contributed by atoms with van der Waals surface area (Å²) in [7, 11) is 0. The number of hydrogen-bond acceptors (Lipinski definition) is 5. The first kappa shape index (κ1) is 26.5. The second kappa shape index (κ2) is 10.3. The number of nitrogens with one attached hydrogen (secondary N) is 2. The molecule has 1 atom stereocenters. The Labute approximate surface area is 234 Å². The molecule has 3 aromatic carbocycles. The van der Waals surface area contributed by atoms with Gasteiger partial charge in [0.1, 0.15) is 0 Å². The third-order valence-electron chi connectivity index (χ3n) is 7.28. The number of hydrogen-bond donors (Lipinski definition) is 2. The molecular weight excluding hydrogens is 529 g/mol. The van der Waals surface area contributed by atoms with E-state index in [1.54, 1.807) is 19.3 Å². The van der Waals surface area contributed by atoms with Crippen molar-refractivity contribution < 1.29 is 18.0 Å². The lowest BCUT2D eigenvalue weighted by molar-refractivity contribution is -0.137. The fraction of sp³-hybridized carbons (Fsp3) is 0.226. The number of carbonyl (C=O) groups is 1. The molecule has 1 fully saturated rings. The first-order valence-corrected chi connectivity index (χ1v) is 13.3. The van der Waals surface area contributed by atoms with E-state index in [0.717, 1.165) is 63.8 Å². The van der Waals surface area contributed by atoms with Crippen molar-refractivity contribution in [2.45, 2.75) is 44.8 Å². The lowest BCUT2D eigenvalue weighted by atomic mass is 9.92. The summed E-state index contributed by atoms with van der Waals surface area (Å²) in [6, 6.07) is 16.8. The average molecular weight is 557 g/mol. The van der Waals surface area contributed by atoms with Gasteiger partial charge in [-0.25, -0.2) is 9.97 Å². The highest BCUT2D eigenvalue weighted by molar-refractivity contribution is 5.96. The van der Waals surface area contributed by atoms with Crippen molar-refractivity contribution in [2.24, 2.45) is 0 Å². The van der Waals surface area contributed by atoms with Gasteiger partial charge in [-0.2, -0.15) is 18.3 Å². The van der Waals surface area contributed by atoms with Gasteiger partial charge >= 0.3 is 6.18 Å². The van der Waals surface area contributed by atoms with Crippen LogP contribution >= 0.6 is 0 Å². The molecule has 0 aliphatic heterocycles. The number of aromatic nitrogens is 4. The minimum Gasteiger partial charge on any atom is -0.326 e. The molecule has 5 aromatic rings. The summed E-state index contributed by atoms with van der Waals surface area (Å²) in [4.78, 5) is 22.1. The number of nitrogens with zero attached hydrogens (tertiary/aromatic N) is 4. The maximum atomic E-state index is 13.1. The summed E-state index contributed by atoms with van der Waals surface area (Å²) in [6.07, 6.45) is 3.33. The Bertz CT molecular complexity index is 1760. The van der Waals surface area contributed by atoms with Gasteiger partial charge in [0.25, 0.3) is 0 Å². The van der Waals surface area contributed by atoms with Crippen LogP contribution in [0, 0.1) is 6.92 Å². The van der Waals surface area contributed by atoms with Gasteiger partial charge in [-0.15, -0.1) is 0 Å². The van der Waals surface area contributed by atoms with Gasteiger partial charge in [0.05, 0.1) is 34.9 Å². The molecule has 1 saturated carbocycles. The van der Waals surface area contributed by atoms with Gasteiger partial charge in [-0.1, -0.05) is 30.3 Å². The number of anilines is 3. The molecule has 2 heterocycles. The van der Waals surface area contributed by atoms with Crippen LogP contribution in [0.5, 0.6) is 0 Å². The topological polar surface area (TPSA) is 84.7 Å². The van der Waals surface area contributed by atoms with E-state index in [9.17, 15) is 18.0 Å². The van der Waals surface area contributed by atoms with Crippen molar-refractivity contribution in [1.29, 1.82) is 0 Å². The third-order valence-corrected chi connectivity index (χ3v) is 7.28. The lowest BCUT2D eigenvalue weighted by Gasteiger charge is -2.16. The molecular formula is C31H27F3N6O. The SMILES string of the molecule is Cc1ccc(C(C)C(=O)Nc2cccc(C(F)(F)F)c2)cc1-c1ccc2nc(Nc3cnn(C4CC4)c3)ncc2c1. The maximum Gasteiger partial charge on any atom is 0.416 e. The van der Waals surface area contributed by atoms with Crippen LogP contribution in [0.4, 0.5) is 30.5 Å². The summed E-state index contributed by atoms with van der Waals surface area (Å²) in [5.74, 6) is -0.501. The number of carbonyl (C=O) groups excluding carboxylic acids is 1. The molecule has 2 N–H and O–H groups in total. The Morgan fingerprint density at radius 2 is 1.85 bits per heavy atom. The van der Waals surface area contributed by atoms with E-state index in [1.165, 1.54) is 12.1 Å². The fourth-order valence-corrected chi connectivity index (χ4v) is 4.73. The molecule has 208 valence electrons. The molecule has 7 nitrogen and oxygen atoms in total. The number of amides is 1. The number of aryl methyl sites for hydroxylation is 1. The van der Waals surface area contributed by atoms with Crippen LogP contribution in [0.2, 0.25) is 0 Å². The predicted octanol–water partition coefficient (Wildman–Crippen LogP) is 7.64. The highest BCUT2D eigenvalue weighted by Crippen LogP contribution is 2.35. The third kappa shape index (κ3) is 5.77. The zero-order valence-electron chi connectivity index (χ0n) is 22.4.